The molecule has 0 unspecified atom stereocenters. The molecule has 2 aromatic rings. The van der Waals surface area contributed by atoms with Crippen molar-refractivity contribution in [1.29, 1.82) is 0 Å². The highest BCUT2D eigenvalue weighted by Crippen LogP contribution is 2.17. The number of hydrogen-bond donors (Lipinski definition) is 1. The molecule has 0 aliphatic heterocycles. The van der Waals surface area contributed by atoms with Crippen LogP contribution in [0.5, 0.6) is 5.75 Å². The van der Waals surface area contributed by atoms with Gasteiger partial charge in [-0.2, -0.15) is 0 Å². The highest BCUT2D eigenvalue weighted by atomic mass is 35.5. The van der Waals surface area contributed by atoms with E-state index in [1.54, 1.807) is 48.2 Å². The van der Waals surface area contributed by atoms with E-state index in [1.807, 2.05) is 18.4 Å². The third kappa shape index (κ3) is 6.14. The number of nitrogens with one attached hydrogen (secondary N) is 1. The van der Waals surface area contributed by atoms with Crippen LogP contribution < -0.4 is 10.1 Å². The average molecular weight is 366 g/mol. The van der Waals surface area contributed by atoms with E-state index in [2.05, 4.69) is 5.32 Å². The van der Waals surface area contributed by atoms with Gasteiger partial charge in [-0.3, -0.25) is 4.79 Å². The largest absolute Gasteiger partial charge is 0.482 e. The number of hydrogen-bond acceptors (Lipinski definition) is 5. The molecule has 7 heteroatoms. The molecule has 0 radical (unpaired) electrons. The zero-order valence-corrected chi connectivity index (χ0v) is 14.5. The van der Waals surface area contributed by atoms with Crippen molar-refractivity contribution in [2.45, 2.75) is 4.90 Å². The van der Waals surface area contributed by atoms with Gasteiger partial charge in [0.15, 0.2) is 13.2 Å². The molecule has 126 valence electrons. The summed E-state index contributed by atoms with van der Waals surface area (Å²) in [6.45, 7) is -0.648. The van der Waals surface area contributed by atoms with E-state index in [1.165, 1.54) is 0 Å². The van der Waals surface area contributed by atoms with Gasteiger partial charge in [0.2, 0.25) is 0 Å². The first-order valence-electron chi connectivity index (χ1n) is 7.05. The Labute approximate surface area is 149 Å². The second-order valence-corrected chi connectivity index (χ2v) is 6.00. The molecule has 0 atom stereocenters. The number of amides is 1. The van der Waals surface area contributed by atoms with Gasteiger partial charge in [0.1, 0.15) is 5.75 Å². The van der Waals surface area contributed by atoms with Crippen LogP contribution in [-0.2, 0) is 14.3 Å². The molecule has 0 saturated heterocycles. The Hall–Kier alpha value is -2.18. The first-order chi connectivity index (χ1) is 11.6. The van der Waals surface area contributed by atoms with E-state index in [0.29, 0.717) is 16.5 Å². The molecule has 0 spiro atoms. The molecule has 1 amide bonds. The predicted molar refractivity (Wildman–Crippen MR) is 94.8 cm³/mol. The Morgan fingerprint density at radius 2 is 1.71 bits per heavy atom. The standard InChI is InChI=1S/C17H16ClNO4S/c1-24-15-8-4-13(5-9-15)19-16(20)10-23-17(21)11-22-14-6-2-12(18)3-7-14/h2-9H,10-11H2,1H3,(H,19,20). The van der Waals surface area contributed by atoms with Gasteiger partial charge in [-0.15, -0.1) is 11.8 Å². The maximum Gasteiger partial charge on any atom is 0.344 e. The summed E-state index contributed by atoms with van der Waals surface area (Å²) in [4.78, 5) is 24.4. The molecule has 0 aliphatic carbocycles. The number of ether oxygens (including phenoxy) is 2. The second kappa shape index (κ2) is 9.20. The van der Waals surface area contributed by atoms with Gasteiger partial charge >= 0.3 is 5.97 Å². The molecule has 0 heterocycles. The monoisotopic (exact) mass is 365 g/mol. The van der Waals surface area contributed by atoms with Crippen molar-refractivity contribution in [2.24, 2.45) is 0 Å². The number of carbonyl (C=O) groups is 2. The Morgan fingerprint density at radius 3 is 2.33 bits per heavy atom. The lowest BCUT2D eigenvalue weighted by atomic mass is 10.3. The molecule has 2 rings (SSSR count). The van der Waals surface area contributed by atoms with Crippen molar-refractivity contribution in [3.63, 3.8) is 0 Å². The van der Waals surface area contributed by atoms with E-state index in [0.717, 1.165) is 4.90 Å². The predicted octanol–water partition coefficient (Wildman–Crippen LogP) is 3.62. The van der Waals surface area contributed by atoms with Crippen LogP contribution in [0.1, 0.15) is 0 Å². The molecule has 0 aromatic heterocycles. The van der Waals surface area contributed by atoms with Crippen LogP contribution >= 0.6 is 23.4 Å². The average Bonchev–Trinajstić information content (AvgIpc) is 2.60. The van der Waals surface area contributed by atoms with E-state index in [4.69, 9.17) is 21.1 Å². The number of thioether (sulfide) groups is 1. The van der Waals surface area contributed by atoms with E-state index >= 15 is 0 Å². The van der Waals surface area contributed by atoms with Crippen molar-refractivity contribution < 1.29 is 19.1 Å². The summed E-state index contributed by atoms with van der Waals surface area (Å²) in [7, 11) is 0. The molecule has 0 aliphatic rings. The van der Waals surface area contributed by atoms with Crippen molar-refractivity contribution >= 4 is 40.9 Å². The van der Waals surface area contributed by atoms with Gasteiger partial charge < -0.3 is 14.8 Å². The fraction of sp³-hybridized carbons (Fsp3) is 0.176. The molecular formula is C17H16ClNO4S. The van der Waals surface area contributed by atoms with Gasteiger partial charge in [0.25, 0.3) is 5.91 Å². The normalized spacial score (nSPS) is 10.1. The second-order valence-electron chi connectivity index (χ2n) is 4.68. The minimum absolute atomic E-state index is 0.280. The topological polar surface area (TPSA) is 64.6 Å². The fourth-order valence-electron chi connectivity index (χ4n) is 1.73. The smallest absolute Gasteiger partial charge is 0.344 e. The lowest BCUT2D eigenvalue weighted by Crippen LogP contribution is -2.23. The summed E-state index contributed by atoms with van der Waals surface area (Å²) >= 11 is 7.36. The maximum absolute atomic E-state index is 11.7. The van der Waals surface area contributed by atoms with Crippen molar-refractivity contribution in [3.8, 4) is 5.75 Å². The lowest BCUT2D eigenvalue weighted by Gasteiger charge is -2.08. The number of esters is 1. The van der Waals surface area contributed by atoms with E-state index in [9.17, 15) is 9.59 Å². The van der Waals surface area contributed by atoms with Crippen LogP contribution in [0.3, 0.4) is 0 Å². The number of benzene rings is 2. The van der Waals surface area contributed by atoms with Crippen LogP contribution in [0.15, 0.2) is 53.4 Å². The summed E-state index contributed by atoms with van der Waals surface area (Å²) in [5.41, 5.74) is 0.645. The molecule has 24 heavy (non-hydrogen) atoms. The summed E-state index contributed by atoms with van der Waals surface area (Å²) in [5, 5.41) is 3.22. The molecule has 1 N–H and O–H groups in total. The van der Waals surface area contributed by atoms with Gasteiger partial charge in [-0.1, -0.05) is 11.6 Å². The van der Waals surface area contributed by atoms with Gasteiger partial charge in [0.05, 0.1) is 0 Å². The first kappa shape index (κ1) is 18.2. The third-order valence-electron chi connectivity index (χ3n) is 2.91. The Balaban J connectivity index is 1.70. The number of anilines is 1. The Kier molecular flexibility index (Phi) is 6.96. The molecule has 0 saturated carbocycles. The number of halogens is 1. The van der Waals surface area contributed by atoms with Crippen LogP contribution in [0.4, 0.5) is 5.69 Å². The van der Waals surface area contributed by atoms with Gasteiger partial charge in [-0.05, 0) is 54.8 Å². The van der Waals surface area contributed by atoms with Crippen LogP contribution in [0, 0.1) is 0 Å². The number of carbonyl (C=O) groups excluding carboxylic acids is 2. The summed E-state index contributed by atoms with van der Waals surface area (Å²) in [5.74, 6) is -0.542. The summed E-state index contributed by atoms with van der Waals surface area (Å²) < 4.78 is 10.1. The zero-order valence-electron chi connectivity index (χ0n) is 13.0. The van der Waals surface area contributed by atoms with Gasteiger partial charge in [0, 0.05) is 15.6 Å². The SMILES string of the molecule is CSc1ccc(NC(=O)COC(=O)COc2ccc(Cl)cc2)cc1. The zero-order chi connectivity index (χ0) is 17.4. The lowest BCUT2D eigenvalue weighted by molar-refractivity contribution is -0.149. The molecule has 0 fully saturated rings. The van der Waals surface area contributed by atoms with Crippen molar-refractivity contribution in [2.75, 3.05) is 24.8 Å². The molecule has 5 nitrogen and oxygen atoms in total. The first-order valence-corrected chi connectivity index (χ1v) is 8.65. The summed E-state index contributed by atoms with van der Waals surface area (Å²) in [6.07, 6.45) is 1.97. The van der Waals surface area contributed by atoms with E-state index in [-0.39, 0.29) is 13.2 Å². The van der Waals surface area contributed by atoms with Crippen LogP contribution in [-0.4, -0.2) is 31.3 Å². The van der Waals surface area contributed by atoms with Crippen molar-refractivity contribution in [1.82, 2.24) is 0 Å². The van der Waals surface area contributed by atoms with Gasteiger partial charge in [-0.25, -0.2) is 4.79 Å². The molecule has 0 bridgehead atoms. The Bertz CT molecular complexity index is 689. The van der Waals surface area contributed by atoms with Crippen LogP contribution in [0.2, 0.25) is 5.02 Å². The Morgan fingerprint density at radius 1 is 1.04 bits per heavy atom. The maximum atomic E-state index is 11.7. The summed E-state index contributed by atoms with van der Waals surface area (Å²) in [6, 6.07) is 13.9. The number of rotatable bonds is 7. The highest BCUT2D eigenvalue weighted by molar-refractivity contribution is 7.98. The quantitative estimate of drug-likeness (QED) is 0.599. The van der Waals surface area contributed by atoms with Crippen LogP contribution in [0.25, 0.3) is 0 Å². The highest BCUT2D eigenvalue weighted by Gasteiger charge is 2.09. The minimum Gasteiger partial charge on any atom is -0.482 e. The third-order valence-corrected chi connectivity index (χ3v) is 3.90. The molecular weight excluding hydrogens is 350 g/mol. The minimum atomic E-state index is -0.627. The van der Waals surface area contributed by atoms with E-state index < -0.39 is 11.9 Å². The fourth-order valence-corrected chi connectivity index (χ4v) is 2.27. The molecule has 2 aromatic carbocycles. The van der Waals surface area contributed by atoms with Crippen molar-refractivity contribution in [3.05, 3.63) is 53.6 Å².